The van der Waals surface area contributed by atoms with Gasteiger partial charge in [0.05, 0.1) is 0 Å². The zero-order chi connectivity index (χ0) is 18.5. The molecule has 1 saturated heterocycles. The summed E-state index contributed by atoms with van der Waals surface area (Å²) in [7, 11) is 3.72. The van der Waals surface area contributed by atoms with Gasteiger partial charge in [-0.2, -0.15) is 0 Å². The van der Waals surface area contributed by atoms with Crippen LogP contribution in [0.4, 0.5) is 4.39 Å². The van der Waals surface area contributed by atoms with Crippen molar-refractivity contribution in [3.8, 4) is 0 Å². The lowest BCUT2D eigenvalue weighted by Gasteiger charge is -2.37. The highest BCUT2D eigenvalue weighted by Gasteiger charge is 2.30. The lowest BCUT2D eigenvalue weighted by atomic mass is 10.0. The van der Waals surface area contributed by atoms with Crippen LogP contribution in [0.25, 0.3) is 0 Å². The Morgan fingerprint density at radius 3 is 2.38 bits per heavy atom. The summed E-state index contributed by atoms with van der Waals surface area (Å²) in [5, 5.41) is 0. The highest BCUT2D eigenvalue weighted by Crippen LogP contribution is 2.22. The van der Waals surface area contributed by atoms with Gasteiger partial charge < -0.3 is 9.47 Å². The lowest BCUT2D eigenvalue weighted by Crippen LogP contribution is -2.51. The van der Waals surface area contributed by atoms with Gasteiger partial charge >= 0.3 is 0 Å². The standard InChI is InChI=1S/C20H27FN4O/c1-22(2)19(17-6-5-7-18(21)16-17)20(26)25-14-12-24(13-15-25)11-10-23-8-3-4-9-23/h3-9,16,19H,10-15H2,1-2H3/t19-/m1/s1. The molecule has 1 aromatic heterocycles. The molecule has 5 nitrogen and oxygen atoms in total. The molecule has 0 aliphatic carbocycles. The maximum Gasteiger partial charge on any atom is 0.244 e. The normalized spacial score (nSPS) is 16.8. The van der Waals surface area contributed by atoms with Crippen LogP contribution in [-0.4, -0.2) is 72.0 Å². The van der Waals surface area contributed by atoms with Crippen LogP contribution in [0.15, 0.2) is 48.8 Å². The van der Waals surface area contributed by atoms with Crippen molar-refractivity contribution in [3.05, 3.63) is 60.2 Å². The van der Waals surface area contributed by atoms with Crippen LogP contribution < -0.4 is 0 Å². The molecule has 0 spiro atoms. The van der Waals surface area contributed by atoms with Gasteiger partial charge in [-0.25, -0.2) is 4.39 Å². The molecule has 1 fully saturated rings. The van der Waals surface area contributed by atoms with Gasteiger partial charge in [-0.15, -0.1) is 0 Å². The van der Waals surface area contributed by atoms with Crippen molar-refractivity contribution >= 4 is 5.91 Å². The molecule has 1 aromatic carbocycles. The fourth-order valence-electron chi connectivity index (χ4n) is 3.48. The van der Waals surface area contributed by atoms with Crippen molar-refractivity contribution in [1.29, 1.82) is 0 Å². The third-order valence-electron chi connectivity index (χ3n) is 4.94. The third-order valence-corrected chi connectivity index (χ3v) is 4.94. The van der Waals surface area contributed by atoms with Gasteiger partial charge in [0, 0.05) is 51.7 Å². The number of nitrogens with zero attached hydrogens (tertiary/aromatic N) is 4. The number of benzene rings is 1. The minimum absolute atomic E-state index is 0.0469. The zero-order valence-electron chi connectivity index (χ0n) is 15.5. The van der Waals surface area contributed by atoms with E-state index in [2.05, 4.69) is 21.9 Å². The predicted octanol–water partition coefficient (Wildman–Crippen LogP) is 2.07. The predicted molar refractivity (Wildman–Crippen MR) is 100 cm³/mol. The molecule has 1 aliphatic rings. The van der Waals surface area contributed by atoms with E-state index in [1.165, 1.54) is 12.1 Å². The number of halogens is 1. The van der Waals surface area contributed by atoms with Crippen LogP contribution >= 0.6 is 0 Å². The second kappa shape index (κ2) is 8.47. The van der Waals surface area contributed by atoms with Crippen molar-refractivity contribution in [3.63, 3.8) is 0 Å². The van der Waals surface area contributed by atoms with E-state index in [4.69, 9.17) is 0 Å². The van der Waals surface area contributed by atoms with E-state index in [-0.39, 0.29) is 11.7 Å². The molecule has 2 heterocycles. The van der Waals surface area contributed by atoms with Crippen LogP contribution in [0, 0.1) is 5.82 Å². The van der Waals surface area contributed by atoms with Crippen LogP contribution in [0.1, 0.15) is 11.6 Å². The number of likely N-dealkylation sites (N-methyl/N-ethyl adjacent to an activating group) is 1. The molecule has 0 N–H and O–H groups in total. The summed E-state index contributed by atoms with van der Waals surface area (Å²) in [6, 6.07) is 9.96. The number of aromatic nitrogens is 1. The summed E-state index contributed by atoms with van der Waals surface area (Å²) in [4.78, 5) is 19.2. The van der Waals surface area contributed by atoms with Crippen LogP contribution in [-0.2, 0) is 11.3 Å². The first kappa shape index (κ1) is 18.6. The third kappa shape index (κ3) is 4.51. The fourth-order valence-corrected chi connectivity index (χ4v) is 3.48. The monoisotopic (exact) mass is 358 g/mol. The average Bonchev–Trinajstić information content (AvgIpc) is 3.14. The number of rotatable bonds is 6. The maximum absolute atomic E-state index is 13.6. The molecule has 0 radical (unpaired) electrons. The summed E-state index contributed by atoms with van der Waals surface area (Å²) in [5.74, 6) is -0.261. The molecule has 1 atom stereocenters. The molecule has 1 amide bonds. The van der Waals surface area contributed by atoms with Crippen molar-refractivity contribution < 1.29 is 9.18 Å². The Kier molecular flexibility index (Phi) is 6.06. The molecular formula is C20H27FN4O. The molecule has 1 aliphatic heterocycles. The first-order valence-electron chi connectivity index (χ1n) is 9.08. The Bertz CT molecular complexity index is 708. The van der Waals surface area contributed by atoms with Gasteiger partial charge in [0.25, 0.3) is 0 Å². The Morgan fingerprint density at radius 2 is 1.77 bits per heavy atom. The second-order valence-electron chi connectivity index (χ2n) is 7.01. The van der Waals surface area contributed by atoms with E-state index in [0.717, 1.165) is 26.2 Å². The molecule has 2 aromatic rings. The Morgan fingerprint density at radius 1 is 1.08 bits per heavy atom. The average molecular weight is 358 g/mol. The van der Waals surface area contributed by atoms with Crippen LogP contribution in [0.2, 0.25) is 0 Å². The number of piperazine rings is 1. The van der Waals surface area contributed by atoms with Gasteiger partial charge in [0.2, 0.25) is 5.91 Å². The molecule has 0 saturated carbocycles. The summed E-state index contributed by atoms with van der Waals surface area (Å²) < 4.78 is 15.8. The fraction of sp³-hybridized carbons (Fsp3) is 0.450. The van der Waals surface area contributed by atoms with Crippen molar-refractivity contribution in [1.82, 2.24) is 19.3 Å². The van der Waals surface area contributed by atoms with Crippen molar-refractivity contribution in [2.24, 2.45) is 0 Å². The molecule has 6 heteroatoms. The largest absolute Gasteiger partial charge is 0.353 e. The minimum atomic E-state index is -0.447. The van der Waals surface area contributed by atoms with Crippen LogP contribution in [0.3, 0.4) is 0 Å². The van der Waals surface area contributed by atoms with Gasteiger partial charge in [-0.3, -0.25) is 14.6 Å². The van der Waals surface area contributed by atoms with E-state index in [1.54, 1.807) is 6.07 Å². The minimum Gasteiger partial charge on any atom is -0.353 e. The highest BCUT2D eigenvalue weighted by molar-refractivity contribution is 5.83. The number of hydrogen-bond donors (Lipinski definition) is 0. The van der Waals surface area contributed by atoms with E-state index in [1.807, 2.05) is 42.1 Å². The van der Waals surface area contributed by atoms with Gasteiger partial charge in [-0.1, -0.05) is 12.1 Å². The maximum atomic E-state index is 13.6. The van der Waals surface area contributed by atoms with E-state index < -0.39 is 6.04 Å². The Balaban J connectivity index is 1.57. The van der Waals surface area contributed by atoms with Crippen molar-refractivity contribution in [2.45, 2.75) is 12.6 Å². The highest BCUT2D eigenvalue weighted by atomic mass is 19.1. The van der Waals surface area contributed by atoms with Crippen molar-refractivity contribution in [2.75, 3.05) is 46.8 Å². The number of hydrogen-bond acceptors (Lipinski definition) is 3. The molecule has 140 valence electrons. The Labute approximate surface area is 154 Å². The van der Waals surface area contributed by atoms with E-state index in [9.17, 15) is 9.18 Å². The van der Waals surface area contributed by atoms with Gasteiger partial charge in [0.1, 0.15) is 11.9 Å². The van der Waals surface area contributed by atoms with E-state index >= 15 is 0 Å². The van der Waals surface area contributed by atoms with Gasteiger partial charge in [-0.05, 0) is 43.9 Å². The van der Waals surface area contributed by atoms with Crippen LogP contribution in [0.5, 0.6) is 0 Å². The molecule has 26 heavy (non-hydrogen) atoms. The molecular weight excluding hydrogens is 331 g/mol. The molecule has 3 rings (SSSR count). The van der Waals surface area contributed by atoms with E-state index in [0.29, 0.717) is 18.7 Å². The number of amides is 1. The topological polar surface area (TPSA) is 31.7 Å². The number of carbonyl (C=O) groups is 1. The zero-order valence-corrected chi connectivity index (χ0v) is 15.5. The first-order valence-corrected chi connectivity index (χ1v) is 9.08. The molecule has 0 unspecified atom stereocenters. The van der Waals surface area contributed by atoms with Gasteiger partial charge in [0.15, 0.2) is 0 Å². The summed E-state index contributed by atoms with van der Waals surface area (Å²) in [6.07, 6.45) is 4.14. The smallest absolute Gasteiger partial charge is 0.244 e. The molecule has 0 bridgehead atoms. The summed E-state index contributed by atoms with van der Waals surface area (Å²) >= 11 is 0. The SMILES string of the molecule is CN(C)[C@@H](C(=O)N1CCN(CCn2cccc2)CC1)c1cccc(F)c1. The summed E-state index contributed by atoms with van der Waals surface area (Å²) in [6.45, 7) is 5.11. The first-order chi connectivity index (χ1) is 12.5. The lowest BCUT2D eigenvalue weighted by molar-refractivity contribution is -0.138. The quantitative estimate of drug-likeness (QED) is 0.792. The number of carbonyl (C=O) groups excluding carboxylic acids is 1. The summed E-state index contributed by atoms with van der Waals surface area (Å²) in [5.41, 5.74) is 0.704. The Hall–Kier alpha value is -2.18. The second-order valence-corrected chi connectivity index (χ2v) is 7.01.